The maximum Gasteiger partial charge on any atom is 1.00 e. The summed E-state index contributed by atoms with van der Waals surface area (Å²) in [6.45, 7) is 0. The Morgan fingerprint density at radius 2 is 1.44 bits per heavy atom. The maximum atomic E-state index is 11.5. The molecule has 0 N–H and O–H groups in total. The van der Waals surface area contributed by atoms with Gasteiger partial charge in [-0.15, -0.1) is 0 Å². The van der Waals surface area contributed by atoms with E-state index in [1.54, 1.807) is 6.07 Å². The van der Waals surface area contributed by atoms with E-state index in [-0.39, 0.29) is 34.5 Å². The Morgan fingerprint density at radius 1 is 0.938 bits per heavy atom. The molecule has 16 heavy (non-hydrogen) atoms. The SMILES string of the molecule is O=S(=O)([O-])CCS(=O)(=O)c1ccccc1.[Na+]. The predicted molar refractivity (Wildman–Crippen MR) is 53.1 cm³/mol. The maximum absolute atomic E-state index is 11.5. The van der Waals surface area contributed by atoms with Crippen LogP contribution in [-0.4, -0.2) is 32.9 Å². The van der Waals surface area contributed by atoms with Crippen LogP contribution in [0.5, 0.6) is 0 Å². The zero-order valence-electron chi connectivity index (χ0n) is 8.66. The fraction of sp³-hybridized carbons (Fsp3) is 0.250. The van der Waals surface area contributed by atoms with Crippen LogP contribution in [-0.2, 0) is 20.0 Å². The molecule has 0 aliphatic rings. The molecular weight excluding hydrogens is 263 g/mol. The molecule has 0 aromatic heterocycles. The largest absolute Gasteiger partial charge is 1.00 e. The van der Waals surface area contributed by atoms with Gasteiger partial charge in [0.2, 0.25) is 0 Å². The molecule has 0 atom stereocenters. The monoisotopic (exact) mass is 272 g/mol. The molecule has 5 nitrogen and oxygen atoms in total. The second-order valence-corrected chi connectivity index (χ2v) is 6.53. The van der Waals surface area contributed by atoms with Crippen LogP contribution in [0.4, 0.5) is 0 Å². The van der Waals surface area contributed by atoms with Gasteiger partial charge in [-0.25, -0.2) is 16.8 Å². The average Bonchev–Trinajstić information content (AvgIpc) is 2.16. The van der Waals surface area contributed by atoms with Gasteiger partial charge in [0.1, 0.15) is 0 Å². The van der Waals surface area contributed by atoms with Crippen molar-refractivity contribution < 1.29 is 50.9 Å². The molecule has 0 aliphatic carbocycles. The first-order valence-corrected chi connectivity index (χ1v) is 7.26. The van der Waals surface area contributed by atoms with Crippen LogP contribution in [0, 0.1) is 0 Å². The summed E-state index contributed by atoms with van der Waals surface area (Å²) in [5.74, 6) is -1.58. The van der Waals surface area contributed by atoms with E-state index in [2.05, 4.69) is 0 Å². The Labute approximate surface area is 117 Å². The third-order valence-electron chi connectivity index (χ3n) is 1.70. The fourth-order valence-electron chi connectivity index (χ4n) is 0.957. The van der Waals surface area contributed by atoms with Crippen LogP contribution < -0.4 is 29.6 Å². The van der Waals surface area contributed by atoms with Gasteiger partial charge < -0.3 is 4.55 Å². The van der Waals surface area contributed by atoms with Gasteiger partial charge in [0.15, 0.2) is 9.84 Å². The van der Waals surface area contributed by atoms with Crippen molar-refractivity contribution in [3.05, 3.63) is 30.3 Å². The smallest absolute Gasteiger partial charge is 0.748 e. The zero-order chi connectivity index (χ0) is 11.5. The number of hydrogen-bond acceptors (Lipinski definition) is 5. The summed E-state index contributed by atoms with van der Waals surface area (Å²) < 4.78 is 53.8. The van der Waals surface area contributed by atoms with Crippen LogP contribution in [0.3, 0.4) is 0 Å². The third kappa shape index (κ3) is 5.42. The Kier molecular flexibility index (Phi) is 6.16. The number of sulfone groups is 1. The molecule has 0 saturated heterocycles. The van der Waals surface area contributed by atoms with Crippen molar-refractivity contribution in [3.63, 3.8) is 0 Å². The van der Waals surface area contributed by atoms with E-state index in [0.717, 1.165) is 0 Å². The molecule has 1 aromatic carbocycles. The normalized spacial score (nSPS) is 11.8. The summed E-state index contributed by atoms with van der Waals surface area (Å²) in [4.78, 5) is 0.0219. The predicted octanol–water partition coefficient (Wildman–Crippen LogP) is -2.99. The topological polar surface area (TPSA) is 91.3 Å². The van der Waals surface area contributed by atoms with E-state index in [0.29, 0.717) is 0 Å². The first-order chi connectivity index (χ1) is 6.81. The molecule has 84 valence electrons. The van der Waals surface area contributed by atoms with E-state index < -0.39 is 31.5 Å². The minimum absolute atomic E-state index is 0. The van der Waals surface area contributed by atoms with Gasteiger partial charge in [-0.2, -0.15) is 0 Å². The van der Waals surface area contributed by atoms with Crippen molar-refractivity contribution in [1.29, 1.82) is 0 Å². The van der Waals surface area contributed by atoms with Crippen LogP contribution in [0.15, 0.2) is 35.2 Å². The van der Waals surface area contributed by atoms with Gasteiger partial charge in [0.05, 0.1) is 26.5 Å². The molecule has 0 saturated carbocycles. The second-order valence-electron chi connectivity index (χ2n) is 2.89. The van der Waals surface area contributed by atoms with E-state index in [4.69, 9.17) is 0 Å². The Balaban J connectivity index is 0.00000225. The Morgan fingerprint density at radius 3 is 1.88 bits per heavy atom. The molecule has 8 heteroatoms. The molecule has 0 heterocycles. The minimum atomic E-state index is -4.49. The van der Waals surface area contributed by atoms with Crippen molar-refractivity contribution in [2.75, 3.05) is 11.5 Å². The molecule has 0 aliphatic heterocycles. The van der Waals surface area contributed by atoms with Crippen LogP contribution in [0.1, 0.15) is 0 Å². The summed E-state index contributed by atoms with van der Waals surface area (Å²) in [6.07, 6.45) is 0. The second kappa shape index (κ2) is 6.13. The van der Waals surface area contributed by atoms with Crippen molar-refractivity contribution in [2.45, 2.75) is 4.90 Å². The molecule has 0 unspecified atom stereocenters. The van der Waals surface area contributed by atoms with Crippen molar-refractivity contribution in [2.24, 2.45) is 0 Å². The Bertz CT molecular complexity index is 521. The standard InChI is InChI=1S/C8H10O5S2.Na/c9-14(10,6-7-15(11,12)13)8-4-2-1-3-5-8;/h1-5H,6-7H2,(H,11,12,13);/q;+1/p-1. The Hall–Kier alpha value is 0.0800. The summed E-state index contributed by atoms with van der Waals surface area (Å²) in [5.41, 5.74) is 0. The molecule has 0 radical (unpaired) electrons. The average molecular weight is 272 g/mol. The van der Waals surface area contributed by atoms with Gasteiger partial charge in [-0.1, -0.05) is 18.2 Å². The van der Waals surface area contributed by atoms with E-state index in [1.807, 2.05) is 0 Å². The molecule has 1 aromatic rings. The first kappa shape index (κ1) is 16.1. The van der Waals surface area contributed by atoms with Crippen molar-refractivity contribution in [3.8, 4) is 0 Å². The first-order valence-electron chi connectivity index (χ1n) is 4.03. The number of rotatable bonds is 4. The van der Waals surface area contributed by atoms with E-state index >= 15 is 0 Å². The quantitative estimate of drug-likeness (QED) is 0.430. The fourth-order valence-corrected chi connectivity index (χ4v) is 3.46. The van der Waals surface area contributed by atoms with Crippen LogP contribution >= 0.6 is 0 Å². The molecule has 0 bridgehead atoms. The molecule has 0 fully saturated rings. The summed E-state index contributed by atoms with van der Waals surface area (Å²) >= 11 is 0. The minimum Gasteiger partial charge on any atom is -0.748 e. The van der Waals surface area contributed by atoms with Gasteiger partial charge in [0.25, 0.3) is 0 Å². The van der Waals surface area contributed by atoms with Gasteiger partial charge in [-0.05, 0) is 12.1 Å². The van der Waals surface area contributed by atoms with E-state index in [1.165, 1.54) is 24.3 Å². The number of hydrogen-bond donors (Lipinski definition) is 0. The van der Waals surface area contributed by atoms with Crippen LogP contribution in [0.2, 0.25) is 0 Å². The van der Waals surface area contributed by atoms with Gasteiger partial charge >= 0.3 is 29.6 Å². The summed E-state index contributed by atoms with van der Waals surface area (Å²) in [7, 11) is -8.17. The zero-order valence-corrected chi connectivity index (χ0v) is 12.3. The third-order valence-corrected chi connectivity index (χ3v) is 4.40. The van der Waals surface area contributed by atoms with Gasteiger partial charge in [-0.3, -0.25) is 0 Å². The molecule has 0 amide bonds. The number of benzene rings is 1. The summed E-state index contributed by atoms with van der Waals surface area (Å²) in [6, 6.07) is 7.40. The van der Waals surface area contributed by atoms with Gasteiger partial charge in [0, 0.05) is 0 Å². The molecule has 0 spiro atoms. The van der Waals surface area contributed by atoms with Crippen molar-refractivity contribution in [1.82, 2.24) is 0 Å². The van der Waals surface area contributed by atoms with Crippen molar-refractivity contribution >= 4 is 20.0 Å². The summed E-state index contributed by atoms with van der Waals surface area (Å²) in [5, 5.41) is 0. The molecule has 1 rings (SSSR count). The van der Waals surface area contributed by atoms with E-state index in [9.17, 15) is 21.4 Å². The molecular formula is C8H9NaO5S2. The van der Waals surface area contributed by atoms with Crippen LogP contribution in [0.25, 0.3) is 0 Å².